The molecule has 9 nitrogen and oxygen atoms in total. The maximum Gasteiger partial charge on any atom is 0.446 e. The van der Waals surface area contributed by atoms with E-state index in [1.807, 2.05) is 31.1 Å². The van der Waals surface area contributed by atoms with E-state index in [0.717, 1.165) is 17.8 Å². The summed E-state index contributed by atoms with van der Waals surface area (Å²) in [5, 5.41) is 18.8. The molecule has 0 aromatic heterocycles. The molecule has 0 fully saturated rings. The van der Waals surface area contributed by atoms with Gasteiger partial charge in [-0.2, -0.15) is 8.42 Å². The van der Waals surface area contributed by atoms with E-state index in [0.29, 0.717) is 5.69 Å². The molecule has 2 aromatic rings. The Hall–Kier alpha value is -3.16. The summed E-state index contributed by atoms with van der Waals surface area (Å²) in [6.45, 7) is 0. The van der Waals surface area contributed by atoms with Gasteiger partial charge >= 0.3 is 16.1 Å². The van der Waals surface area contributed by atoms with Gasteiger partial charge < -0.3 is 19.0 Å². The highest BCUT2D eigenvalue weighted by molar-refractivity contribution is 7.81. The molecular weight excluding hydrogens is 350 g/mol. The number of hydrogen-bond acceptors (Lipinski definition) is 7. The van der Waals surface area contributed by atoms with Gasteiger partial charge in [-0.05, 0) is 24.3 Å². The number of nitrogens with zero attached hydrogens (tertiary/aromatic N) is 3. The molecule has 10 heteroatoms. The summed E-state index contributed by atoms with van der Waals surface area (Å²) in [4.78, 5) is 15.5. The summed E-state index contributed by atoms with van der Waals surface area (Å²) < 4.78 is 32.9. The minimum Gasteiger partial charge on any atom is -0.545 e. The number of hydrogen-bond donors (Lipinski definition) is 1. The maximum absolute atomic E-state index is 10.4. The molecule has 0 heterocycles. The van der Waals surface area contributed by atoms with Crippen LogP contribution in [0, 0.1) is 5.39 Å². The van der Waals surface area contributed by atoms with Gasteiger partial charge in [-0.3, -0.25) is 4.55 Å². The van der Waals surface area contributed by atoms with Crippen molar-refractivity contribution in [2.24, 2.45) is 0 Å². The first-order valence-corrected chi connectivity index (χ1v) is 8.10. The minimum atomic E-state index is -4.72. The molecule has 2 aromatic carbocycles. The molecule has 0 aliphatic heterocycles. The van der Waals surface area contributed by atoms with Crippen molar-refractivity contribution in [1.82, 2.24) is 0 Å². The van der Waals surface area contributed by atoms with E-state index in [1.54, 1.807) is 12.1 Å². The molecule has 0 saturated heterocycles. The van der Waals surface area contributed by atoms with Crippen LogP contribution in [0.2, 0.25) is 0 Å². The lowest BCUT2D eigenvalue weighted by Gasteiger charge is -2.09. The predicted molar refractivity (Wildman–Crippen MR) is 88.5 cm³/mol. The van der Waals surface area contributed by atoms with Crippen molar-refractivity contribution < 1.29 is 27.1 Å². The molecule has 0 spiro atoms. The zero-order valence-corrected chi connectivity index (χ0v) is 14.2. The standard InChI is InChI=1S/C8H10N3.C7H6O6S/c1-11(2)8-5-3-7(10-9)4-6-8;8-7(9)5-3-1-2-4-6(5)13-14(10,11)12/h3-6H,1-2H3;1-4H,(H,8,9)(H,10,11,12)/q+1;/p-1. The molecule has 0 amide bonds. The minimum absolute atomic E-state index is 0.454. The highest BCUT2D eigenvalue weighted by Crippen LogP contribution is 2.18. The van der Waals surface area contributed by atoms with Crippen LogP contribution in [0.5, 0.6) is 5.75 Å². The van der Waals surface area contributed by atoms with Crippen molar-refractivity contribution in [2.75, 3.05) is 19.0 Å². The van der Waals surface area contributed by atoms with Gasteiger partial charge in [-0.25, -0.2) is 0 Å². The van der Waals surface area contributed by atoms with Crippen LogP contribution in [0.1, 0.15) is 10.4 Å². The van der Waals surface area contributed by atoms with Crippen LogP contribution in [0.4, 0.5) is 11.4 Å². The molecule has 0 atom stereocenters. The maximum atomic E-state index is 10.4. The lowest BCUT2D eigenvalue weighted by molar-refractivity contribution is -0.255. The molecule has 0 aliphatic rings. The number of benzene rings is 2. The molecule has 0 radical (unpaired) electrons. The van der Waals surface area contributed by atoms with Gasteiger partial charge in [0.05, 0.1) is 5.97 Å². The van der Waals surface area contributed by atoms with Crippen molar-refractivity contribution >= 4 is 27.7 Å². The summed E-state index contributed by atoms with van der Waals surface area (Å²) in [5.74, 6) is -2.08. The lowest BCUT2D eigenvalue weighted by Crippen LogP contribution is -2.23. The smallest absolute Gasteiger partial charge is 0.446 e. The average molecular weight is 365 g/mol. The van der Waals surface area contributed by atoms with Crippen molar-refractivity contribution in [3.8, 4) is 5.75 Å². The predicted octanol–water partition coefficient (Wildman–Crippen LogP) is 1.47. The zero-order valence-electron chi connectivity index (χ0n) is 13.4. The highest BCUT2D eigenvalue weighted by Gasteiger charge is 2.11. The monoisotopic (exact) mass is 365 g/mol. The first-order valence-electron chi connectivity index (χ1n) is 6.74. The quantitative estimate of drug-likeness (QED) is 0.635. The number of aromatic carboxylic acids is 1. The summed E-state index contributed by atoms with van der Waals surface area (Å²) in [7, 11) is -0.798. The summed E-state index contributed by atoms with van der Waals surface area (Å²) in [5.41, 5.74) is 1.22. The van der Waals surface area contributed by atoms with Crippen LogP contribution in [0.25, 0.3) is 4.98 Å². The zero-order chi connectivity index (χ0) is 19.0. The summed E-state index contributed by atoms with van der Waals surface area (Å²) in [6.07, 6.45) is 0. The van der Waals surface area contributed by atoms with E-state index in [2.05, 4.69) is 9.16 Å². The third kappa shape index (κ3) is 6.86. The second kappa shape index (κ2) is 8.62. The number of carboxylic acids is 1. The Bertz CT molecular complexity index is 873. The molecule has 1 N–H and O–H groups in total. The molecular formula is C15H15N3O6S. The first kappa shape index (κ1) is 19.9. The van der Waals surface area contributed by atoms with E-state index >= 15 is 0 Å². The van der Waals surface area contributed by atoms with Gasteiger partial charge in [0.25, 0.3) is 0 Å². The number of carboxylic acid groups (broad SMARTS) is 1. The topological polar surface area (TPSA) is 135 Å². The second-order valence-electron chi connectivity index (χ2n) is 4.81. The third-order valence-electron chi connectivity index (χ3n) is 2.78. The number of carbonyl (C=O) groups is 1. The van der Waals surface area contributed by atoms with Crippen LogP contribution in [0.3, 0.4) is 0 Å². The van der Waals surface area contributed by atoms with Crippen LogP contribution in [0.15, 0.2) is 48.5 Å². The molecule has 0 unspecified atom stereocenters. The highest BCUT2D eigenvalue weighted by atomic mass is 32.3. The SMILES string of the molecule is CN(C)c1ccc([N+]#N)cc1.O=C([O-])c1ccccc1OS(=O)(=O)O. The largest absolute Gasteiger partial charge is 0.545 e. The van der Waals surface area contributed by atoms with E-state index in [-0.39, 0.29) is 0 Å². The number of para-hydroxylation sites is 1. The molecule has 132 valence electrons. The van der Waals surface area contributed by atoms with Crippen LogP contribution >= 0.6 is 0 Å². The van der Waals surface area contributed by atoms with Gasteiger partial charge in [-0.1, -0.05) is 12.1 Å². The Morgan fingerprint density at radius 3 is 2.16 bits per heavy atom. The molecule has 0 bridgehead atoms. The summed E-state index contributed by atoms with van der Waals surface area (Å²) >= 11 is 0. The van der Waals surface area contributed by atoms with E-state index < -0.39 is 27.7 Å². The fraction of sp³-hybridized carbons (Fsp3) is 0.133. The Kier molecular flexibility index (Phi) is 6.86. The van der Waals surface area contributed by atoms with Crippen molar-refractivity contribution in [1.29, 1.82) is 5.39 Å². The number of anilines is 1. The van der Waals surface area contributed by atoms with E-state index in [9.17, 15) is 18.3 Å². The Labute approximate surface area is 144 Å². The Morgan fingerprint density at radius 2 is 1.72 bits per heavy atom. The van der Waals surface area contributed by atoms with Crippen LogP contribution in [-0.4, -0.2) is 33.0 Å². The lowest BCUT2D eigenvalue weighted by atomic mass is 10.2. The first-order chi connectivity index (χ1) is 11.6. The van der Waals surface area contributed by atoms with Gasteiger partial charge in [-0.15, -0.1) is 0 Å². The van der Waals surface area contributed by atoms with Crippen LogP contribution < -0.4 is 14.2 Å². The Balaban J connectivity index is 0.000000257. The van der Waals surface area contributed by atoms with Crippen molar-refractivity contribution in [3.05, 3.63) is 59.1 Å². The van der Waals surface area contributed by atoms with E-state index in [1.165, 1.54) is 12.1 Å². The van der Waals surface area contributed by atoms with Gasteiger partial charge in [0.2, 0.25) is 5.39 Å². The van der Waals surface area contributed by atoms with E-state index in [4.69, 9.17) is 9.95 Å². The van der Waals surface area contributed by atoms with Gasteiger partial charge in [0.1, 0.15) is 0 Å². The number of diazo groups is 1. The van der Waals surface area contributed by atoms with Gasteiger partial charge in [0, 0.05) is 37.5 Å². The summed E-state index contributed by atoms with van der Waals surface area (Å²) in [6, 6.07) is 12.2. The van der Waals surface area contributed by atoms with Crippen molar-refractivity contribution in [3.63, 3.8) is 0 Å². The number of carbonyl (C=O) groups excluding carboxylic acids is 1. The van der Waals surface area contributed by atoms with Crippen LogP contribution in [-0.2, 0) is 10.4 Å². The number of rotatable bonds is 4. The molecule has 25 heavy (non-hydrogen) atoms. The second-order valence-corrected chi connectivity index (χ2v) is 5.83. The molecule has 2 rings (SSSR count). The van der Waals surface area contributed by atoms with Gasteiger partial charge in [0.15, 0.2) is 10.7 Å². The van der Waals surface area contributed by atoms with Crippen molar-refractivity contribution in [2.45, 2.75) is 0 Å². The normalized spacial score (nSPS) is 10.0. The molecule has 0 aliphatic carbocycles. The third-order valence-corrected chi connectivity index (χ3v) is 3.17. The average Bonchev–Trinajstić information content (AvgIpc) is 2.54. The molecule has 0 saturated carbocycles. The Morgan fingerprint density at radius 1 is 1.16 bits per heavy atom. The fourth-order valence-electron chi connectivity index (χ4n) is 1.64. The fourth-order valence-corrected chi connectivity index (χ4v) is 2.01.